The largest absolute Gasteiger partial charge is 0.395 e. The first-order valence-corrected chi connectivity index (χ1v) is 10.6. The van der Waals surface area contributed by atoms with E-state index >= 15 is 0 Å². The molecule has 3 rings (SSSR count). The third-order valence-electron chi connectivity index (χ3n) is 5.69. The second-order valence-corrected chi connectivity index (χ2v) is 7.85. The maximum Gasteiger partial charge on any atom is 0.292 e. The number of nitro groups is 1. The van der Waals surface area contributed by atoms with Gasteiger partial charge in [-0.05, 0) is 41.9 Å². The zero-order valence-electron chi connectivity index (χ0n) is 17.6. The van der Waals surface area contributed by atoms with Crippen molar-refractivity contribution in [3.63, 3.8) is 0 Å². The Hall–Kier alpha value is -2.71. The Balaban J connectivity index is 1.43. The van der Waals surface area contributed by atoms with Gasteiger partial charge in [0.25, 0.3) is 5.69 Å². The van der Waals surface area contributed by atoms with E-state index in [9.17, 15) is 30.5 Å². The van der Waals surface area contributed by atoms with Crippen LogP contribution in [0.15, 0.2) is 24.5 Å². The summed E-state index contributed by atoms with van der Waals surface area (Å²) in [5.41, 5.74) is 0.975. The molecule has 0 amide bonds. The Kier molecular flexibility index (Phi) is 8.41. The fourth-order valence-corrected chi connectivity index (χ4v) is 3.90. The fraction of sp³-hybridized carbons (Fsp3) is 0.632. The van der Waals surface area contributed by atoms with Gasteiger partial charge in [0.15, 0.2) is 0 Å². The zero-order chi connectivity index (χ0) is 23.1. The van der Waals surface area contributed by atoms with Crippen LogP contribution in [0.2, 0.25) is 0 Å². The van der Waals surface area contributed by atoms with Crippen molar-refractivity contribution in [1.29, 1.82) is 0 Å². The predicted molar refractivity (Wildman–Crippen MR) is 113 cm³/mol. The molecule has 0 saturated carbocycles. The van der Waals surface area contributed by atoms with Crippen molar-refractivity contribution < 1.29 is 25.3 Å². The van der Waals surface area contributed by atoms with E-state index < -0.39 is 29.3 Å². The lowest BCUT2D eigenvalue weighted by molar-refractivity contribution is -0.384. The fourth-order valence-electron chi connectivity index (χ4n) is 3.90. The molecule has 1 aliphatic rings. The minimum Gasteiger partial charge on any atom is -0.395 e. The molecule has 1 aliphatic heterocycles. The van der Waals surface area contributed by atoms with E-state index in [4.69, 9.17) is 0 Å². The van der Waals surface area contributed by atoms with Crippen molar-refractivity contribution in [3.05, 3.63) is 34.6 Å². The third-order valence-corrected chi connectivity index (χ3v) is 5.69. The van der Waals surface area contributed by atoms with Gasteiger partial charge in [0.05, 0.1) is 29.4 Å². The molecule has 0 unspecified atom stereocenters. The summed E-state index contributed by atoms with van der Waals surface area (Å²) in [6.07, 6.45) is 1.26. The van der Waals surface area contributed by atoms with Gasteiger partial charge >= 0.3 is 0 Å². The maximum atomic E-state index is 11.3. The number of aromatic nitrogens is 4. The lowest BCUT2D eigenvalue weighted by Gasteiger charge is -2.43. The lowest BCUT2D eigenvalue weighted by atomic mass is 9.94. The molecular formula is C19H29N7O6. The number of aliphatic hydroxyl groups excluding tert-OH is 4. The zero-order valence-corrected chi connectivity index (χ0v) is 17.6. The van der Waals surface area contributed by atoms with Gasteiger partial charge in [0, 0.05) is 19.2 Å². The highest BCUT2D eigenvalue weighted by Crippen LogP contribution is 2.27. The Bertz CT molecular complexity index is 868. The summed E-state index contributed by atoms with van der Waals surface area (Å²) in [5.74, 6) is 0. The number of hydrogen-bond acceptors (Lipinski definition) is 11. The van der Waals surface area contributed by atoms with Gasteiger partial charge in [-0.2, -0.15) is 0 Å². The Morgan fingerprint density at radius 3 is 2.62 bits per heavy atom. The predicted octanol–water partition coefficient (Wildman–Crippen LogP) is -0.698. The molecule has 5 N–H and O–H groups in total. The van der Waals surface area contributed by atoms with Gasteiger partial charge in [-0.3, -0.25) is 15.0 Å². The molecule has 0 aliphatic carbocycles. The van der Waals surface area contributed by atoms with Gasteiger partial charge in [-0.25, -0.2) is 4.68 Å². The second kappa shape index (κ2) is 11.2. The van der Waals surface area contributed by atoms with Crippen LogP contribution < -0.4 is 5.32 Å². The Morgan fingerprint density at radius 2 is 1.94 bits per heavy atom. The molecule has 1 aromatic carbocycles. The number of rotatable bonds is 11. The SMILES string of the molecule is O=[N+]([O-])c1ccc(-n2cnnn2)cc1NCCCCCCN1C[C@H](O)[C@@H](O)[C@H](O)[C@H]1CO. The second-order valence-electron chi connectivity index (χ2n) is 7.85. The van der Waals surface area contributed by atoms with Gasteiger partial charge in [-0.1, -0.05) is 12.8 Å². The summed E-state index contributed by atoms with van der Waals surface area (Å²) in [6, 6.07) is 4.02. The van der Waals surface area contributed by atoms with E-state index in [0.29, 0.717) is 24.5 Å². The van der Waals surface area contributed by atoms with Crippen LogP contribution in [-0.2, 0) is 0 Å². The molecule has 2 aromatic rings. The van der Waals surface area contributed by atoms with Crippen LogP contribution in [0, 0.1) is 10.1 Å². The standard InChI is InChI=1S/C19H29N7O6/c27-11-16-18(29)19(30)17(28)10-24(16)8-4-2-1-3-7-20-14-9-13(25-12-21-22-23-25)5-6-15(14)26(31)32/h5-6,9,12,16-20,27-30H,1-4,7-8,10-11H2/t16-,17+,18-,19-/m1/s1. The number of benzene rings is 1. The molecule has 1 aromatic heterocycles. The van der Waals surface area contributed by atoms with Crippen molar-refractivity contribution in [3.8, 4) is 5.69 Å². The van der Waals surface area contributed by atoms with Crippen LogP contribution >= 0.6 is 0 Å². The van der Waals surface area contributed by atoms with Crippen LogP contribution in [0.3, 0.4) is 0 Å². The molecule has 0 radical (unpaired) electrons. The van der Waals surface area contributed by atoms with Crippen LogP contribution in [0.1, 0.15) is 25.7 Å². The first-order valence-electron chi connectivity index (χ1n) is 10.6. The molecule has 0 bridgehead atoms. The van der Waals surface area contributed by atoms with Crippen molar-refractivity contribution in [2.45, 2.75) is 50.0 Å². The maximum absolute atomic E-state index is 11.3. The van der Waals surface area contributed by atoms with Gasteiger partial charge in [-0.15, -0.1) is 5.10 Å². The summed E-state index contributed by atoms with van der Waals surface area (Å²) < 4.78 is 1.42. The summed E-state index contributed by atoms with van der Waals surface area (Å²) in [4.78, 5) is 12.7. The van der Waals surface area contributed by atoms with Gasteiger partial charge < -0.3 is 25.7 Å². The number of nitrogens with zero attached hydrogens (tertiary/aromatic N) is 6. The smallest absolute Gasteiger partial charge is 0.292 e. The topological polar surface area (TPSA) is 183 Å². The van der Waals surface area contributed by atoms with Crippen molar-refractivity contribution in [2.24, 2.45) is 0 Å². The number of piperidine rings is 1. The van der Waals surface area contributed by atoms with Crippen LogP contribution in [-0.4, -0.2) is 101 Å². The van der Waals surface area contributed by atoms with Crippen LogP contribution in [0.5, 0.6) is 0 Å². The third kappa shape index (κ3) is 5.75. The molecule has 4 atom stereocenters. The molecule has 1 fully saturated rings. The quantitative estimate of drug-likeness (QED) is 0.165. The van der Waals surface area contributed by atoms with E-state index in [1.54, 1.807) is 17.0 Å². The number of hydrogen-bond donors (Lipinski definition) is 5. The van der Waals surface area contributed by atoms with E-state index in [0.717, 1.165) is 25.7 Å². The average molecular weight is 451 g/mol. The molecule has 0 spiro atoms. The first kappa shape index (κ1) is 23.9. The minimum atomic E-state index is -1.25. The molecule has 13 nitrogen and oxygen atoms in total. The van der Waals surface area contributed by atoms with E-state index in [1.807, 2.05) is 0 Å². The molecule has 2 heterocycles. The molecule has 13 heteroatoms. The average Bonchev–Trinajstić information content (AvgIpc) is 3.32. The van der Waals surface area contributed by atoms with Crippen molar-refractivity contribution in [1.82, 2.24) is 25.1 Å². The molecule has 32 heavy (non-hydrogen) atoms. The molecule has 176 valence electrons. The number of β-amino-alcohol motifs (C(OH)–C–C–N with tert-alkyl or cyclic N) is 1. The monoisotopic (exact) mass is 451 g/mol. The van der Waals surface area contributed by atoms with Crippen LogP contribution in [0.4, 0.5) is 11.4 Å². The number of unbranched alkanes of at least 4 members (excludes halogenated alkanes) is 3. The highest BCUT2D eigenvalue weighted by atomic mass is 16.6. The van der Waals surface area contributed by atoms with E-state index in [2.05, 4.69) is 20.8 Å². The van der Waals surface area contributed by atoms with Crippen molar-refractivity contribution >= 4 is 11.4 Å². The van der Waals surface area contributed by atoms with Crippen LogP contribution in [0.25, 0.3) is 5.69 Å². The molecule has 1 saturated heterocycles. The highest BCUT2D eigenvalue weighted by Gasteiger charge is 2.40. The van der Waals surface area contributed by atoms with Crippen molar-refractivity contribution in [2.75, 3.05) is 31.6 Å². The summed E-state index contributed by atoms with van der Waals surface area (Å²) in [5, 5.41) is 64.5. The number of likely N-dealkylation sites (tertiary alicyclic amines) is 1. The number of anilines is 1. The first-order chi connectivity index (χ1) is 15.4. The number of tetrazole rings is 1. The summed E-state index contributed by atoms with van der Waals surface area (Å²) in [6.45, 7) is 1.04. The highest BCUT2D eigenvalue weighted by molar-refractivity contribution is 5.65. The summed E-state index contributed by atoms with van der Waals surface area (Å²) >= 11 is 0. The number of nitro benzene ring substituents is 1. The molecular weight excluding hydrogens is 422 g/mol. The lowest BCUT2D eigenvalue weighted by Crippen LogP contribution is -2.62. The Labute approximate surface area is 184 Å². The normalized spacial score (nSPS) is 23.9. The van der Waals surface area contributed by atoms with Gasteiger partial charge in [0.2, 0.25) is 0 Å². The van der Waals surface area contributed by atoms with E-state index in [-0.39, 0.29) is 18.8 Å². The number of aliphatic hydroxyl groups is 4. The van der Waals surface area contributed by atoms with E-state index in [1.165, 1.54) is 17.1 Å². The van der Waals surface area contributed by atoms with Gasteiger partial charge in [0.1, 0.15) is 24.2 Å². The number of nitrogens with one attached hydrogen (secondary N) is 1. The summed E-state index contributed by atoms with van der Waals surface area (Å²) in [7, 11) is 0. The Morgan fingerprint density at radius 1 is 1.16 bits per heavy atom. The minimum absolute atomic E-state index is 0.0266.